The summed E-state index contributed by atoms with van der Waals surface area (Å²) < 4.78 is 41.8. The number of alkyl halides is 3. The van der Waals surface area contributed by atoms with Crippen LogP contribution >= 0.6 is 23.2 Å². The SMILES string of the molecule is CC(=C(C=NCCC1CCC(C)(C(=O)O)CC1)C(=O)C(CCC(=O)c1c(Cl)cccc1Cl)C1CCC1(C)C)C(F)(F)F. The van der Waals surface area contributed by atoms with E-state index in [1.807, 2.05) is 13.8 Å². The van der Waals surface area contributed by atoms with Gasteiger partial charge in [0.1, 0.15) is 0 Å². The molecule has 1 aromatic carbocycles. The van der Waals surface area contributed by atoms with Crippen LogP contribution in [0.2, 0.25) is 10.0 Å². The average Bonchev–Trinajstić information content (AvgIpc) is 2.90. The fourth-order valence-corrected chi connectivity index (χ4v) is 6.86. The number of hydrogen-bond donors (Lipinski definition) is 1. The van der Waals surface area contributed by atoms with Crippen molar-refractivity contribution >= 4 is 47.0 Å². The third-order valence-electron chi connectivity index (χ3n) is 9.56. The van der Waals surface area contributed by atoms with Gasteiger partial charge in [-0.05, 0) is 94.6 Å². The van der Waals surface area contributed by atoms with Gasteiger partial charge < -0.3 is 5.11 Å². The number of Topliss-reactive ketones (excluding diaryl/α,β-unsaturated/α-hetero) is 2. The molecule has 0 radical (unpaired) electrons. The number of halogens is 5. The molecular weight excluding hydrogens is 590 g/mol. The van der Waals surface area contributed by atoms with Crippen molar-refractivity contribution in [2.75, 3.05) is 6.54 Å². The van der Waals surface area contributed by atoms with E-state index < -0.39 is 40.4 Å². The Balaban J connectivity index is 1.79. The van der Waals surface area contributed by atoms with Gasteiger partial charge >= 0.3 is 12.1 Å². The summed E-state index contributed by atoms with van der Waals surface area (Å²) in [6.07, 6.45) is 0.950. The van der Waals surface area contributed by atoms with Gasteiger partial charge in [0.05, 0.1) is 21.0 Å². The second-order valence-corrected chi connectivity index (χ2v) is 13.6. The Labute approximate surface area is 255 Å². The fraction of sp³-hybridized carbons (Fsp3) is 0.625. The molecule has 2 aliphatic rings. The molecule has 2 aliphatic carbocycles. The summed E-state index contributed by atoms with van der Waals surface area (Å²) in [5.41, 5.74) is -2.33. The predicted octanol–water partition coefficient (Wildman–Crippen LogP) is 9.20. The van der Waals surface area contributed by atoms with Crippen molar-refractivity contribution in [2.45, 2.75) is 91.7 Å². The fourth-order valence-electron chi connectivity index (χ4n) is 6.25. The molecule has 0 amide bonds. The number of carboxylic acid groups (broad SMARTS) is 1. The number of allylic oxidation sites excluding steroid dienone is 2. The lowest BCUT2D eigenvalue weighted by molar-refractivity contribution is -0.150. The summed E-state index contributed by atoms with van der Waals surface area (Å²) in [5, 5.41) is 9.81. The highest BCUT2D eigenvalue weighted by atomic mass is 35.5. The number of rotatable bonds is 12. The number of carbonyl (C=O) groups is 3. The summed E-state index contributed by atoms with van der Waals surface area (Å²) in [6, 6.07) is 4.70. The molecule has 0 saturated heterocycles. The third-order valence-corrected chi connectivity index (χ3v) is 10.2. The predicted molar refractivity (Wildman–Crippen MR) is 159 cm³/mol. The first-order chi connectivity index (χ1) is 19.5. The smallest absolute Gasteiger partial charge is 0.413 e. The van der Waals surface area contributed by atoms with Gasteiger partial charge in [0.2, 0.25) is 0 Å². The summed E-state index contributed by atoms with van der Waals surface area (Å²) in [6.45, 7) is 6.84. The molecule has 3 rings (SSSR count). The van der Waals surface area contributed by atoms with E-state index in [0.717, 1.165) is 19.6 Å². The first kappa shape index (κ1) is 34.3. The van der Waals surface area contributed by atoms with Crippen molar-refractivity contribution in [1.82, 2.24) is 0 Å². The lowest BCUT2D eigenvalue weighted by Gasteiger charge is -2.48. The molecule has 0 aromatic heterocycles. The number of nitrogens with zero attached hydrogens (tertiary/aromatic N) is 1. The van der Waals surface area contributed by atoms with E-state index in [0.29, 0.717) is 38.5 Å². The highest BCUT2D eigenvalue weighted by Gasteiger charge is 2.47. The molecule has 5 nitrogen and oxygen atoms in total. The van der Waals surface area contributed by atoms with Crippen LogP contribution in [0.15, 0.2) is 34.3 Å². The maximum Gasteiger partial charge on any atom is 0.413 e. The van der Waals surface area contributed by atoms with Crippen molar-refractivity contribution in [3.05, 3.63) is 45.0 Å². The van der Waals surface area contributed by atoms with Crippen LogP contribution in [0.3, 0.4) is 0 Å². The highest BCUT2D eigenvalue weighted by Crippen LogP contribution is 2.52. The zero-order chi connectivity index (χ0) is 31.5. The molecule has 232 valence electrons. The molecule has 2 fully saturated rings. The van der Waals surface area contributed by atoms with E-state index in [4.69, 9.17) is 23.2 Å². The molecule has 0 heterocycles. The molecular formula is C32H40Cl2F3NO4. The van der Waals surface area contributed by atoms with Crippen LogP contribution in [0.4, 0.5) is 13.2 Å². The summed E-state index contributed by atoms with van der Waals surface area (Å²) in [4.78, 5) is 42.7. The summed E-state index contributed by atoms with van der Waals surface area (Å²) in [5.74, 6) is -2.58. The van der Waals surface area contributed by atoms with Crippen LogP contribution in [0.5, 0.6) is 0 Å². The first-order valence-electron chi connectivity index (χ1n) is 14.5. The Morgan fingerprint density at radius 1 is 1.07 bits per heavy atom. The zero-order valence-electron chi connectivity index (χ0n) is 24.6. The minimum Gasteiger partial charge on any atom is -0.481 e. The molecule has 0 bridgehead atoms. The first-order valence-corrected chi connectivity index (χ1v) is 15.3. The van der Waals surface area contributed by atoms with Crippen LogP contribution in [0.25, 0.3) is 0 Å². The number of aliphatic carboxylic acids is 1. The topological polar surface area (TPSA) is 83.8 Å². The molecule has 1 N–H and O–H groups in total. The van der Waals surface area contributed by atoms with Crippen LogP contribution in [-0.4, -0.2) is 41.6 Å². The van der Waals surface area contributed by atoms with Crippen LogP contribution in [-0.2, 0) is 9.59 Å². The van der Waals surface area contributed by atoms with Gasteiger partial charge in [0, 0.05) is 36.2 Å². The third kappa shape index (κ3) is 8.04. The standard InChI is InChI=1S/C32H40Cl2F3NO4/c1-19(32(35,36)37)22(18-38-17-13-20-10-15-31(4,16-11-20)29(41)42)28(40)21(23-12-14-30(23,2)3)8-9-26(39)27-24(33)6-5-7-25(27)34/h5-7,18,20-21,23H,8-17H2,1-4H3,(H,41,42). The van der Waals surface area contributed by atoms with Gasteiger partial charge in [0.15, 0.2) is 11.6 Å². The Morgan fingerprint density at radius 3 is 2.14 bits per heavy atom. The van der Waals surface area contributed by atoms with Crippen molar-refractivity contribution in [1.29, 1.82) is 0 Å². The van der Waals surface area contributed by atoms with Gasteiger partial charge in [-0.1, -0.05) is 43.1 Å². The average molecular weight is 631 g/mol. The van der Waals surface area contributed by atoms with Crippen molar-refractivity contribution < 1.29 is 32.7 Å². The maximum atomic E-state index is 13.9. The van der Waals surface area contributed by atoms with Crippen LogP contribution in [0, 0.1) is 28.6 Å². The Hall–Kier alpha value is -2.19. The minimum absolute atomic E-state index is 0.0697. The second kappa shape index (κ2) is 13.6. The van der Waals surface area contributed by atoms with Crippen LogP contribution in [0.1, 0.15) is 95.8 Å². The number of ketones is 2. The molecule has 0 spiro atoms. The van der Waals surface area contributed by atoms with Gasteiger partial charge in [0.25, 0.3) is 0 Å². The number of carbonyl (C=O) groups excluding carboxylic acids is 2. The Kier molecular flexibility index (Phi) is 11.1. The van der Waals surface area contributed by atoms with Gasteiger partial charge in [-0.25, -0.2) is 0 Å². The highest BCUT2D eigenvalue weighted by molar-refractivity contribution is 6.39. The van der Waals surface area contributed by atoms with Gasteiger partial charge in [-0.3, -0.25) is 19.4 Å². The molecule has 10 heteroatoms. The van der Waals surface area contributed by atoms with E-state index in [-0.39, 0.29) is 58.0 Å². The molecule has 2 saturated carbocycles. The lowest BCUT2D eigenvalue weighted by Crippen LogP contribution is -2.43. The molecule has 2 unspecified atom stereocenters. The Morgan fingerprint density at radius 2 is 1.67 bits per heavy atom. The number of carboxylic acids is 1. The van der Waals surface area contributed by atoms with E-state index in [1.54, 1.807) is 25.1 Å². The number of aliphatic imine (C=N–C) groups is 1. The van der Waals surface area contributed by atoms with E-state index in [1.165, 1.54) is 0 Å². The maximum absolute atomic E-state index is 13.9. The number of benzene rings is 1. The van der Waals surface area contributed by atoms with E-state index in [9.17, 15) is 32.7 Å². The zero-order valence-corrected chi connectivity index (χ0v) is 26.1. The second-order valence-electron chi connectivity index (χ2n) is 12.8. The molecule has 0 aliphatic heterocycles. The largest absolute Gasteiger partial charge is 0.481 e. The monoisotopic (exact) mass is 629 g/mol. The van der Waals surface area contributed by atoms with Crippen molar-refractivity contribution in [3.8, 4) is 0 Å². The van der Waals surface area contributed by atoms with Crippen molar-refractivity contribution in [3.63, 3.8) is 0 Å². The van der Waals surface area contributed by atoms with Gasteiger partial charge in [-0.15, -0.1) is 0 Å². The summed E-state index contributed by atoms with van der Waals surface area (Å²) >= 11 is 12.4. The molecule has 42 heavy (non-hydrogen) atoms. The minimum atomic E-state index is -4.72. The lowest BCUT2D eigenvalue weighted by atomic mass is 9.56. The molecule has 2 atom stereocenters. The number of hydrogen-bond acceptors (Lipinski definition) is 4. The van der Waals surface area contributed by atoms with Gasteiger partial charge in [-0.2, -0.15) is 13.2 Å². The summed E-state index contributed by atoms with van der Waals surface area (Å²) in [7, 11) is 0. The van der Waals surface area contributed by atoms with E-state index >= 15 is 0 Å². The van der Waals surface area contributed by atoms with Crippen molar-refractivity contribution in [2.24, 2.45) is 33.6 Å². The van der Waals surface area contributed by atoms with Crippen LogP contribution < -0.4 is 0 Å². The molecule has 1 aromatic rings. The van der Waals surface area contributed by atoms with E-state index in [2.05, 4.69) is 4.99 Å². The normalized spacial score (nSPS) is 25.5. The Bertz CT molecular complexity index is 1230. The quantitative estimate of drug-likeness (QED) is 0.142.